The van der Waals surface area contributed by atoms with Crippen LogP contribution in [0.2, 0.25) is 0 Å². The first-order chi connectivity index (χ1) is 9.95. The van der Waals surface area contributed by atoms with Crippen LogP contribution in [0.25, 0.3) is 0 Å². The summed E-state index contributed by atoms with van der Waals surface area (Å²) in [6, 6.07) is 1.26. The van der Waals surface area contributed by atoms with Crippen LogP contribution in [0.1, 0.15) is 25.7 Å². The van der Waals surface area contributed by atoms with Crippen LogP contribution in [0.5, 0.6) is 0 Å². The molecule has 0 saturated heterocycles. The van der Waals surface area contributed by atoms with Crippen molar-refractivity contribution in [3.63, 3.8) is 0 Å². The third-order valence-electron chi connectivity index (χ3n) is 3.43. The van der Waals surface area contributed by atoms with Crippen LogP contribution >= 0.6 is 22.6 Å². The smallest absolute Gasteiger partial charge is 0.404 e. The second kappa shape index (κ2) is 7.01. The van der Waals surface area contributed by atoms with Gasteiger partial charge in [-0.05, 0) is 47.9 Å². The summed E-state index contributed by atoms with van der Waals surface area (Å²) in [4.78, 5) is 26.6. The molecule has 0 radical (unpaired) electrons. The molecule has 6 nitrogen and oxygen atoms in total. The zero-order valence-corrected chi connectivity index (χ0v) is 13.3. The Balaban J connectivity index is 1.96. The van der Waals surface area contributed by atoms with E-state index >= 15 is 0 Å². The van der Waals surface area contributed by atoms with E-state index in [0.717, 1.165) is 19.0 Å². The standard InChI is InChI=1S/C13H15FIN3O3/c14-9-6-16-11(5-10(9)15)18-12(19)7-2-1-3-8(4-7)17-13(20)21/h5-8,17H,1-4H2,(H,20,21)(H,16,18,19)/t7-,8+/m1/s1. The van der Waals surface area contributed by atoms with Gasteiger partial charge in [-0.1, -0.05) is 6.42 Å². The molecule has 1 saturated carbocycles. The highest BCUT2D eigenvalue weighted by Crippen LogP contribution is 2.25. The van der Waals surface area contributed by atoms with Gasteiger partial charge in [0.05, 0.1) is 9.77 Å². The molecule has 0 spiro atoms. The molecule has 1 aliphatic rings. The van der Waals surface area contributed by atoms with Gasteiger partial charge in [0.15, 0.2) is 5.82 Å². The van der Waals surface area contributed by atoms with Crippen LogP contribution in [0.3, 0.4) is 0 Å². The summed E-state index contributed by atoms with van der Waals surface area (Å²) in [5.41, 5.74) is 0. The van der Waals surface area contributed by atoms with Gasteiger partial charge in [-0.2, -0.15) is 0 Å². The van der Waals surface area contributed by atoms with Crippen LogP contribution in [0.15, 0.2) is 12.3 Å². The molecular weight excluding hydrogens is 392 g/mol. The van der Waals surface area contributed by atoms with Crippen molar-refractivity contribution < 1.29 is 19.1 Å². The molecule has 1 aliphatic carbocycles. The molecule has 0 bridgehead atoms. The lowest BCUT2D eigenvalue weighted by Crippen LogP contribution is -2.40. The number of anilines is 1. The Kier molecular flexibility index (Phi) is 5.32. The van der Waals surface area contributed by atoms with Crippen molar-refractivity contribution in [2.75, 3.05) is 5.32 Å². The largest absolute Gasteiger partial charge is 0.465 e. The van der Waals surface area contributed by atoms with Crippen LogP contribution in [0, 0.1) is 15.3 Å². The van der Waals surface area contributed by atoms with Crippen LogP contribution < -0.4 is 10.6 Å². The maximum Gasteiger partial charge on any atom is 0.404 e. The first kappa shape index (κ1) is 15.9. The van der Waals surface area contributed by atoms with Gasteiger partial charge in [-0.15, -0.1) is 0 Å². The maximum absolute atomic E-state index is 13.1. The van der Waals surface area contributed by atoms with Crippen LogP contribution in [0.4, 0.5) is 15.0 Å². The van der Waals surface area contributed by atoms with Crippen LogP contribution in [-0.2, 0) is 4.79 Å². The Morgan fingerprint density at radius 3 is 2.86 bits per heavy atom. The van der Waals surface area contributed by atoms with Gasteiger partial charge >= 0.3 is 6.09 Å². The molecule has 1 heterocycles. The van der Waals surface area contributed by atoms with Crippen molar-refractivity contribution in [3.8, 4) is 0 Å². The van der Waals surface area contributed by atoms with Crippen molar-refractivity contribution in [2.45, 2.75) is 31.7 Å². The fourth-order valence-corrected chi connectivity index (χ4v) is 2.88. The molecule has 8 heteroatoms. The van der Waals surface area contributed by atoms with Gasteiger partial charge < -0.3 is 15.7 Å². The number of hydrogen-bond acceptors (Lipinski definition) is 3. The summed E-state index contributed by atoms with van der Waals surface area (Å²) in [6.45, 7) is 0. The first-order valence-corrected chi connectivity index (χ1v) is 7.65. The van der Waals surface area contributed by atoms with Crippen molar-refractivity contribution >= 4 is 40.4 Å². The minimum atomic E-state index is -1.07. The molecule has 0 unspecified atom stereocenters. The highest BCUT2D eigenvalue weighted by molar-refractivity contribution is 14.1. The summed E-state index contributed by atoms with van der Waals surface area (Å²) in [6.07, 6.45) is 2.70. The number of amides is 2. The van der Waals surface area contributed by atoms with Crippen molar-refractivity contribution in [1.82, 2.24) is 10.3 Å². The van der Waals surface area contributed by atoms with Crippen LogP contribution in [-0.4, -0.2) is 28.1 Å². The maximum atomic E-state index is 13.1. The molecule has 1 aromatic heterocycles. The summed E-state index contributed by atoms with van der Waals surface area (Å²) in [7, 11) is 0. The van der Waals surface area contributed by atoms with Gasteiger partial charge in [-0.3, -0.25) is 4.79 Å². The van der Waals surface area contributed by atoms with E-state index in [0.29, 0.717) is 22.2 Å². The Hall–Kier alpha value is -1.45. The van der Waals surface area contributed by atoms with E-state index in [-0.39, 0.29) is 17.9 Å². The van der Waals surface area contributed by atoms with Crippen molar-refractivity contribution in [3.05, 3.63) is 21.7 Å². The SMILES string of the molecule is O=C(O)N[C@H]1CCC[C@@H](C(=O)Nc2cc(I)c(F)cn2)C1. The number of carbonyl (C=O) groups excluding carboxylic acids is 1. The Morgan fingerprint density at radius 2 is 2.19 bits per heavy atom. The summed E-state index contributed by atoms with van der Waals surface area (Å²) >= 11 is 1.83. The van der Waals surface area contributed by atoms with E-state index in [1.165, 1.54) is 6.07 Å². The number of pyridine rings is 1. The Bertz CT molecular complexity index is 555. The molecule has 3 N–H and O–H groups in total. The minimum absolute atomic E-state index is 0.201. The predicted octanol–water partition coefficient (Wildman–Crippen LogP) is 2.59. The highest BCUT2D eigenvalue weighted by Gasteiger charge is 2.28. The molecule has 2 rings (SSSR count). The van der Waals surface area contributed by atoms with Crippen molar-refractivity contribution in [1.29, 1.82) is 0 Å². The predicted molar refractivity (Wildman–Crippen MR) is 82.4 cm³/mol. The molecule has 2 amide bonds. The van der Waals surface area contributed by atoms with E-state index in [1.807, 2.05) is 22.6 Å². The molecular formula is C13H15FIN3O3. The summed E-state index contributed by atoms with van der Waals surface area (Å²) in [5, 5.41) is 13.8. The fraction of sp³-hybridized carbons (Fsp3) is 0.462. The first-order valence-electron chi connectivity index (χ1n) is 6.57. The number of nitrogens with one attached hydrogen (secondary N) is 2. The van der Waals surface area contributed by atoms with Gasteiger partial charge in [-0.25, -0.2) is 14.2 Å². The Labute approximate surface area is 134 Å². The molecule has 0 aliphatic heterocycles. The van der Waals surface area contributed by atoms with E-state index < -0.39 is 11.9 Å². The zero-order chi connectivity index (χ0) is 15.4. The average Bonchev–Trinajstić information content (AvgIpc) is 2.42. The average molecular weight is 407 g/mol. The molecule has 1 fully saturated rings. The normalized spacial score (nSPS) is 21.6. The zero-order valence-electron chi connectivity index (χ0n) is 11.1. The minimum Gasteiger partial charge on any atom is -0.465 e. The van der Waals surface area contributed by atoms with Gasteiger partial charge in [0, 0.05) is 12.0 Å². The third-order valence-corrected chi connectivity index (χ3v) is 4.26. The molecule has 114 valence electrons. The molecule has 21 heavy (non-hydrogen) atoms. The highest BCUT2D eigenvalue weighted by atomic mass is 127. The lowest BCUT2D eigenvalue weighted by atomic mass is 9.85. The topological polar surface area (TPSA) is 91.3 Å². The number of hydrogen-bond donors (Lipinski definition) is 3. The Morgan fingerprint density at radius 1 is 1.43 bits per heavy atom. The lowest BCUT2D eigenvalue weighted by molar-refractivity contribution is -0.121. The van der Waals surface area contributed by atoms with E-state index in [2.05, 4.69) is 15.6 Å². The fourth-order valence-electron chi connectivity index (χ4n) is 2.44. The van der Waals surface area contributed by atoms with Crippen molar-refractivity contribution in [2.24, 2.45) is 5.92 Å². The van der Waals surface area contributed by atoms with E-state index in [4.69, 9.17) is 5.11 Å². The number of halogens is 2. The molecule has 2 atom stereocenters. The second-order valence-corrected chi connectivity index (χ2v) is 6.15. The number of carboxylic acid groups (broad SMARTS) is 1. The quantitative estimate of drug-likeness (QED) is 0.672. The monoisotopic (exact) mass is 407 g/mol. The van der Waals surface area contributed by atoms with E-state index in [1.54, 1.807) is 0 Å². The number of aromatic nitrogens is 1. The number of nitrogens with zero attached hydrogens (tertiary/aromatic N) is 1. The second-order valence-electron chi connectivity index (χ2n) is 4.98. The third kappa shape index (κ3) is 4.51. The summed E-state index contributed by atoms with van der Waals surface area (Å²) in [5.74, 6) is -0.599. The van der Waals surface area contributed by atoms with E-state index in [9.17, 15) is 14.0 Å². The lowest BCUT2D eigenvalue weighted by Gasteiger charge is -2.28. The molecule has 0 aromatic carbocycles. The molecule has 1 aromatic rings. The number of rotatable bonds is 3. The number of carbonyl (C=O) groups is 2. The summed E-state index contributed by atoms with van der Waals surface area (Å²) < 4.78 is 13.5. The van der Waals surface area contributed by atoms with Gasteiger partial charge in [0.25, 0.3) is 0 Å². The van der Waals surface area contributed by atoms with Gasteiger partial charge in [0.1, 0.15) is 5.82 Å². The van der Waals surface area contributed by atoms with Gasteiger partial charge in [0.2, 0.25) is 5.91 Å².